The van der Waals surface area contributed by atoms with Gasteiger partial charge in [-0.05, 0) is 17.6 Å². The van der Waals surface area contributed by atoms with Crippen LogP contribution in [-0.2, 0) is 4.79 Å². The van der Waals surface area contributed by atoms with Gasteiger partial charge in [-0.2, -0.15) is 0 Å². The molecule has 62 valence electrons. The fourth-order valence-electron chi connectivity index (χ4n) is 0.994. The average molecular weight is 165 g/mol. The van der Waals surface area contributed by atoms with E-state index < -0.39 is 7.12 Å². The maximum atomic E-state index is 10.2. The van der Waals surface area contributed by atoms with Gasteiger partial charge in [0.15, 0.2) is 0 Å². The molecule has 0 saturated heterocycles. The van der Waals surface area contributed by atoms with E-state index in [4.69, 9.17) is 15.8 Å². The monoisotopic (exact) mass is 165 g/mol. The van der Waals surface area contributed by atoms with E-state index in [2.05, 4.69) is 0 Å². The Morgan fingerprint density at radius 1 is 1.50 bits per heavy atom. The first-order chi connectivity index (χ1) is 5.63. The maximum Gasteiger partial charge on any atom is 0.488 e. The number of carbonyl (C=O) groups excluding carboxylic acids is 1. The van der Waals surface area contributed by atoms with Gasteiger partial charge in [-0.1, -0.05) is 0 Å². The van der Waals surface area contributed by atoms with Crippen molar-refractivity contribution in [1.82, 2.24) is 0 Å². The van der Waals surface area contributed by atoms with E-state index in [1.807, 2.05) is 0 Å². The molecule has 4 N–H and O–H groups in total. The molecule has 0 bridgehead atoms. The minimum atomic E-state index is -1.59. The molecule has 0 aliphatic heterocycles. The van der Waals surface area contributed by atoms with Gasteiger partial charge in [0.2, 0.25) is 0 Å². The number of hydrogen-bond acceptors (Lipinski definition) is 4. The lowest BCUT2D eigenvalue weighted by atomic mass is 9.75. The Morgan fingerprint density at radius 2 is 2.17 bits per heavy atom. The van der Waals surface area contributed by atoms with Gasteiger partial charge in [-0.3, -0.25) is 0 Å². The molecule has 12 heavy (non-hydrogen) atoms. The van der Waals surface area contributed by atoms with Crippen LogP contribution in [0.4, 0.5) is 0 Å². The van der Waals surface area contributed by atoms with Crippen molar-refractivity contribution in [3.8, 4) is 0 Å². The Morgan fingerprint density at radius 3 is 2.67 bits per heavy atom. The van der Waals surface area contributed by atoms with E-state index in [0.717, 1.165) is 0 Å². The molecule has 0 spiro atoms. The largest absolute Gasteiger partial charge is 0.488 e. The predicted molar refractivity (Wildman–Crippen MR) is 44.4 cm³/mol. The molecule has 0 aromatic heterocycles. The normalized spacial score (nSPS) is 16.3. The van der Waals surface area contributed by atoms with Crippen LogP contribution >= 0.6 is 0 Å². The highest BCUT2D eigenvalue weighted by Gasteiger charge is 2.17. The molecule has 0 aromatic rings. The zero-order valence-corrected chi connectivity index (χ0v) is 6.32. The minimum absolute atomic E-state index is 0.220. The van der Waals surface area contributed by atoms with Crippen LogP contribution in [0.1, 0.15) is 6.42 Å². The molecular weight excluding hydrogens is 157 g/mol. The molecule has 0 amide bonds. The summed E-state index contributed by atoms with van der Waals surface area (Å²) in [6.07, 6.45) is 3.12. The second-order valence-electron chi connectivity index (χ2n) is 2.54. The summed E-state index contributed by atoms with van der Waals surface area (Å²) in [7, 11) is -1.59. The zero-order valence-electron chi connectivity index (χ0n) is 6.32. The van der Waals surface area contributed by atoms with Crippen LogP contribution < -0.4 is 5.73 Å². The summed E-state index contributed by atoms with van der Waals surface area (Å²) >= 11 is 0. The van der Waals surface area contributed by atoms with Crippen LogP contribution in [0.15, 0.2) is 28.9 Å². The van der Waals surface area contributed by atoms with Gasteiger partial charge in [-0.25, -0.2) is 4.79 Å². The summed E-state index contributed by atoms with van der Waals surface area (Å²) in [4.78, 5) is 10.2. The molecule has 1 aliphatic rings. The maximum absolute atomic E-state index is 10.2. The van der Waals surface area contributed by atoms with Gasteiger partial charge in [0.1, 0.15) is 5.94 Å². The van der Waals surface area contributed by atoms with Crippen LogP contribution in [-0.4, -0.2) is 23.1 Å². The van der Waals surface area contributed by atoms with E-state index in [-0.39, 0.29) is 5.47 Å². The summed E-state index contributed by atoms with van der Waals surface area (Å²) in [6.45, 7) is 0. The molecule has 5 heteroatoms. The Bertz CT molecular complexity index is 300. The second-order valence-corrected chi connectivity index (χ2v) is 2.54. The van der Waals surface area contributed by atoms with Gasteiger partial charge in [0, 0.05) is 17.7 Å². The van der Waals surface area contributed by atoms with Crippen molar-refractivity contribution in [1.29, 1.82) is 0 Å². The lowest BCUT2D eigenvalue weighted by Gasteiger charge is -2.09. The van der Waals surface area contributed by atoms with Gasteiger partial charge in [0.05, 0.1) is 0 Å². The summed E-state index contributed by atoms with van der Waals surface area (Å²) in [5, 5.41) is 17.5. The quantitative estimate of drug-likeness (QED) is 0.341. The van der Waals surface area contributed by atoms with Crippen LogP contribution in [0.3, 0.4) is 0 Å². The van der Waals surface area contributed by atoms with E-state index in [0.29, 0.717) is 17.7 Å². The van der Waals surface area contributed by atoms with Crippen LogP contribution in [0.2, 0.25) is 0 Å². The zero-order chi connectivity index (χ0) is 9.14. The molecule has 1 rings (SSSR count). The Kier molecular flexibility index (Phi) is 2.50. The van der Waals surface area contributed by atoms with Crippen molar-refractivity contribution in [2.75, 3.05) is 0 Å². The minimum Gasteiger partial charge on any atom is -0.423 e. The third-order valence-electron chi connectivity index (χ3n) is 1.52. The Labute approximate surface area is 69.8 Å². The summed E-state index contributed by atoms with van der Waals surface area (Å²) in [6, 6.07) is 0. The summed E-state index contributed by atoms with van der Waals surface area (Å²) in [5.74, 6) is 1.67. The van der Waals surface area contributed by atoms with Gasteiger partial charge < -0.3 is 15.8 Å². The van der Waals surface area contributed by atoms with E-state index in [1.54, 1.807) is 5.94 Å². The van der Waals surface area contributed by atoms with E-state index in [9.17, 15) is 4.79 Å². The third kappa shape index (κ3) is 1.86. The molecule has 0 fully saturated rings. The number of nitrogens with two attached hydrogens (primary N) is 1. The molecule has 0 heterocycles. The fourth-order valence-corrected chi connectivity index (χ4v) is 0.994. The van der Waals surface area contributed by atoms with Crippen molar-refractivity contribution in [2.45, 2.75) is 6.42 Å². The van der Waals surface area contributed by atoms with Crippen molar-refractivity contribution in [2.24, 2.45) is 5.73 Å². The van der Waals surface area contributed by atoms with E-state index in [1.165, 1.54) is 12.2 Å². The highest BCUT2D eigenvalue weighted by atomic mass is 16.4. The average Bonchev–Trinajstić information content (AvgIpc) is 2.03. The van der Waals surface area contributed by atoms with Crippen molar-refractivity contribution in [3.05, 3.63) is 28.9 Å². The second kappa shape index (κ2) is 3.41. The molecule has 4 nitrogen and oxygen atoms in total. The van der Waals surface area contributed by atoms with E-state index >= 15 is 0 Å². The molecular formula is C7H8BNO3. The molecule has 0 radical (unpaired) electrons. The van der Waals surface area contributed by atoms with Crippen molar-refractivity contribution < 1.29 is 14.8 Å². The third-order valence-corrected chi connectivity index (χ3v) is 1.52. The highest BCUT2D eigenvalue weighted by Crippen LogP contribution is 2.17. The van der Waals surface area contributed by atoms with Crippen molar-refractivity contribution >= 4 is 13.1 Å². The number of rotatable bonds is 1. The SMILES string of the molecule is NC1=CC(B(O)O)=CC(=C=O)C1. The highest BCUT2D eigenvalue weighted by molar-refractivity contribution is 6.52. The van der Waals surface area contributed by atoms with Crippen LogP contribution in [0.25, 0.3) is 0 Å². The standard InChI is InChI=1S/C7H8BNO3/c9-7-2-5(4-10)1-6(3-7)8(11)12/h1,3,11-12H,2,9H2. The summed E-state index contributed by atoms with van der Waals surface area (Å²) < 4.78 is 0. The first kappa shape index (κ1) is 8.81. The molecule has 0 atom stereocenters. The first-order valence-corrected chi connectivity index (χ1v) is 3.41. The predicted octanol–water partition coefficient (Wildman–Crippen LogP) is -1.07. The molecule has 0 saturated carbocycles. The van der Waals surface area contributed by atoms with Gasteiger partial charge in [0.25, 0.3) is 0 Å². The smallest absolute Gasteiger partial charge is 0.423 e. The van der Waals surface area contributed by atoms with Gasteiger partial charge in [-0.15, -0.1) is 0 Å². The molecule has 0 aromatic carbocycles. The van der Waals surface area contributed by atoms with Crippen LogP contribution in [0, 0.1) is 0 Å². The Hall–Kier alpha value is -1.29. The summed E-state index contributed by atoms with van der Waals surface area (Å²) in [5.41, 5.74) is 6.41. The first-order valence-electron chi connectivity index (χ1n) is 3.41. The van der Waals surface area contributed by atoms with Crippen molar-refractivity contribution in [3.63, 3.8) is 0 Å². The number of allylic oxidation sites excluding steroid dienone is 4. The number of hydrogen-bond donors (Lipinski definition) is 3. The molecule has 1 aliphatic carbocycles. The topological polar surface area (TPSA) is 83.6 Å². The van der Waals surface area contributed by atoms with Crippen LogP contribution in [0.5, 0.6) is 0 Å². The Balaban J connectivity index is 3.00. The van der Waals surface area contributed by atoms with Gasteiger partial charge >= 0.3 is 7.12 Å². The lowest BCUT2D eigenvalue weighted by molar-refractivity contribution is 0.420. The molecule has 0 unspecified atom stereocenters. The fraction of sp³-hybridized carbons (Fsp3) is 0.143. The lowest BCUT2D eigenvalue weighted by Crippen LogP contribution is -2.18.